The van der Waals surface area contributed by atoms with Crippen LogP contribution < -0.4 is 10.5 Å². The predicted octanol–water partition coefficient (Wildman–Crippen LogP) is 0.231. The third-order valence-electron chi connectivity index (χ3n) is 5.73. The number of aromatic nitrogens is 6. The summed E-state index contributed by atoms with van der Waals surface area (Å²) in [5, 5.41) is 9.94. The van der Waals surface area contributed by atoms with Crippen LogP contribution in [-0.4, -0.2) is 67.2 Å². The maximum Gasteiger partial charge on any atom is 0.267 e. The molecule has 2 aliphatic rings. The number of hydrogen-bond acceptors (Lipinski definition) is 7. The minimum Gasteiger partial charge on any atom is -0.353 e. The van der Waals surface area contributed by atoms with Crippen LogP contribution >= 0.6 is 0 Å². The lowest BCUT2D eigenvalue weighted by Crippen LogP contribution is -2.48. The maximum absolute atomic E-state index is 12.3. The molecule has 1 fully saturated rings. The van der Waals surface area contributed by atoms with Crippen molar-refractivity contribution in [2.24, 2.45) is 7.05 Å². The van der Waals surface area contributed by atoms with Crippen molar-refractivity contribution in [2.75, 3.05) is 37.6 Å². The van der Waals surface area contributed by atoms with Gasteiger partial charge in [0.15, 0.2) is 5.65 Å². The predicted molar refractivity (Wildman–Crippen MR) is 105 cm³/mol. The molecule has 146 valence electrons. The van der Waals surface area contributed by atoms with Gasteiger partial charge in [-0.25, -0.2) is 14.6 Å². The van der Waals surface area contributed by atoms with E-state index in [1.807, 2.05) is 13.2 Å². The van der Waals surface area contributed by atoms with Crippen LogP contribution in [0.3, 0.4) is 0 Å². The topological polar surface area (TPSA) is 85.0 Å². The normalized spacial score (nSPS) is 17.4. The number of anilines is 1. The molecule has 4 heterocycles. The first kappa shape index (κ1) is 17.3. The summed E-state index contributed by atoms with van der Waals surface area (Å²) < 4.78 is 3.42. The molecule has 3 aromatic rings. The summed E-state index contributed by atoms with van der Waals surface area (Å²) in [5.74, 6) is 0.953. The maximum atomic E-state index is 12.3. The molecule has 0 atom stereocenters. The van der Waals surface area contributed by atoms with Crippen LogP contribution in [-0.2, 0) is 26.4 Å². The molecule has 0 spiro atoms. The Kier molecular flexibility index (Phi) is 4.31. The molecule has 1 aliphatic heterocycles. The van der Waals surface area contributed by atoms with Crippen LogP contribution in [0.5, 0.6) is 0 Å². The quantitative estimate of drug-likeness (QED) is 0.641. The van der Waals surface area contributed by atoms with E-state index in [0.29, 0.717) is 6.54 Å². The van der Waals surface area contributed by atoms with Crippen molar-refractivity contribution in [1.29, 1.82) is 0 Å². The van der Waals surface area contributed by atoms with Crippen molar-refractivity contribution in [3.63, 3.8) is 0 Å². The van der Waals surface area contributed by atoms with E-state index >= 15 is 0 Å². The Balaban J connectivity index is 1.22. The van der Waals surface area contributed by atoms with Gasteiger partial charge in [-0.3, -0.25) is 14.4 Å². The molecule has 9 heteroatoms. The van der Waals surface area contributed by atoms with Crippen molar-refractivity contribution in [1.82, 2.24) is 34.4 Å². The Morgan fingerprint density at radius 2 is 1.89 bits per heavy atom. The monoisotopic (exact) mass is 380 g/mol. The lowest BCUT2D eigenvalue weighted by atomic mass is 10.2. The van der Waals surface area contributed by atoms with E-state index in [-0.39, 0.29) is 5.56 Å². The molecule has 0 radical (unpaired) electrons. The van der Waals surface area contributed by atoms with Crippen molar-refractivity contribution in [3.05, 3.63) is 40.2 Å². The van der Waals surface area contributed by atoms with E-state index in [2.05, 4.69) is 30.0 Å². The molecular formula is C19H24N8O. The first-order valence-corrected chi connectivity index (χ1v) is 9.89. The summed E-state index contributed by atoms with van der Waals surface area (Å²) in [6, 6.07) is 1.78. The number of rotatable bonds is 4. The number of piperazine rings is 1. The van der Waals surface area contributed by atoms with Crippen LogP contribution in [0.1, 0.15) is 17.7 Å². The van der Waals surface area contributed by atoms with Crippen LogP contribution in [0.4, 0.5) is 5.82 Å². The average molecular weight is 380 g/mol. The number of aryl methyl sites for hydroxylation is 3. The smallest absolute Gasteiger partial charge is 0.267 e. The first-order chi connectivity index (χ1) is 13.7. The Morgan fingerprint density at radius 3 is 2.75 bits per heavy atom. The van der Waals surface area contributed by atoms with Gasteiger partial charge in [-0.1, -0.05) is 0 Å². The zero-order chi connectivity index (χ0) is 19.1. The molecule has 3 aromatic heterocycles. The summed E-state index contributed by atoms with van der Waals surface area (Å²) >= 11 is 0. The fourth-order valence-corrected chi connectivity index (χ4v) is 4.21. The summed E-state index contributed by atoms with van der Waals surface area (Å²) in [7, 11) is 1.90. The highest BCUT2D eigenvalue weighted by Crippen LogP contribution is 2.22. The SMILES string of the molecule is Cn1cc2c(N3CCN(CCn4nc5c(cc4=O)CCC5)CC3)ncnc2n1. The van der Waals surface area contributed by atoms with Crippen molar-refractivity contribution < 1.29 is 0 Å². The van der Waals surface area contributed by atoms with Crippen molar-refractivity contribution in [3.8, 4) is 0 Å². The zero-order valence-corrected chi connectivity index (χ0v) is 16.1. The van der Waals surface area contributed by atoms with Gasteiger partial charge in [0.05, 0.1) is 17.6 Å². The van der Waals surface area contributed by atoms with Gasteiger partial charge < -0.3 is 4.90 Å². The fourth-order valence-electron chi connectivity index (χ4n) is 4.21. The van der Waals surface area contributed by atoms with E-state index < -0.39 is 0 Å². The van der Waals surface area contributed by atoms with Crippen LogP contribution in [0, 0.1) is 0 Å². The second kappa shape index (κ2) is 6.97. The third kappa shape index (κ3) is 3.15. The number of nitrogens with zero attached hydrogens (tertiary/aromatic N) is 8. The van der Waals surface area contributed by atoms with E-state index in [9.17, 15) is 4.79 Å². The third-order valence-corrected chi connectivity index (χ3v) is 5.73. The Hall–Kier alpha value is -2.81. The van der Waals surface area contributed by atoms with E-state index in [1.54, 1.807) is 21.8 Å². The van der Waals surface area contributed by atoms with Crippen LogP contribution in [0.25, 0.3) is 11.0 Å². The summed E-state index contributed by atoms with van der Waals surface area (Å²) in [6.45, 7) is 5.15. The minimum absolute atomic E-state index is 0.0271. The van der Waals surface area contributed by atoms with Gasteiger partial charge in [-0.2, -0.15) is 10.2 Å². The van der Waals surface area contributed by atoms with Crippen molar-refractivity contribution in [2.45, 2.75) is 25.8 Å². The van der Waals surface area contributed by atoms with E-state index in [1.165, 1.54) is 0 Å². The van der Waals surface area contributed by atoms with Gasteiger partial charge in [0, 0.05) is 52.0 Å². The molecule has 0 saturated carbocycles. The minimum atomic E-state index is 0.0271. The highest BCUT2D eigenvalue weighted by molar-refractivity contribution is 5.86. The first-order valence-electron chi connectivity index (χ1n) is 9.89. The van der Waals surface area contributed by atoms with Gasteiger partial charge in [-0.05, 0) is 24.8 Å². The number of hydrogen-bond donors (Lipinski definition) is 0. The zero-order valence-electron chi connectivity index (χ0n) is 16.1. The Bertz CT molecular complexity index is 1060. The Morgan fingerprint density at radius 1 is 1.04 bits per heavy atom. The van der Waals surface area contributed by atoms with Crippen LogP contribution in [0.2, 0.25) is 0 Å². The van der Waals surface area contributed by atoms with Crippen molar-refractivity contribution >= 4 is 16.9 Å². The standard InChI is InChI=1S/C19H24N8O/c1-24-12-15-18(23-24)20-13-21-19(15)26-8-5-25(6-9-26)7-10-27-17(28)11-14-3-2-4-16(14)22-27/h11-13H,2-10H2,1H3. The van der Waals surface area contributed by atoms with Gasteiger partial charge in [0.2, 0.25) is 0 Å². The largest absolute Gasteiger partial charge is 0.353 e. The fraction of sp³-hybridized carbons (Fsp3) is 0.526. The van der Waals surface area contributed by atoms with Crippen LogP contribution in [0.15, 0.2) is 23.4 Å². The lowest BCUT2D eigenvalue weighted by Gasteiger charge is -2.35. The summed E-state index contributed by atoms with van der Waals surface area (Å²) in [6.07, 6.45) is 6.66. The molecule has 0 N–H and O–H groups in total. The molecule has 0 bridgehead atoms. The molecule has 0 aromatic carbocycles. The average Bonchev–Trinajstić information content (AvgIpc) is 3.31. The summed E-state index contributed by atoms with van der Waals surface area (Å²) in [4.78, 5) is 25.7. The second-order valence-corrected chi connectivity index (χ2v) is 7.60. The second-order valence-electron chi connectivity index (χ2n) is 7.60. The molecule has 1 saturated heterocycles. The molecule has 5 rings (SSSR count). The molecule has 28 heavy (non-hydrogen) atoms. The lowest BCUT2D eigenvalue weighted by molar-refractivity contribution is 0.242. The highest BCUT2D eigenvalue weighted by Gasteiger charge is 2.21. The Labute approximate surface area is 162 Å². The van der Waals surface area contributed by atoms with E-state index in [0.717, 1.165) is 80.1 Å². The van der Waals surface area contributed by atoms with Gasteiger partial charge in [0.25, 0.3) is 5.56 Å². The molecular weight excluding hydrogens is 356 g/mol. The van der Waals surface area contributed by atoms with Gasteiger partial charge in [-0.15, -0.1) is 0 Å². The molecule has 0 amide bonds. The molecule has 0 unspecified atom stereocenters. The van der Waals surface area contributed by atoms with Gasteiger partial charge >= 0.3 is 0 Å². The van der Waals surface area contributed by atoms with Gasteiger partial charge in [0.1, 0.15) is 12.1 Å². The molecule has 1 aliphatic carbocycles. The number of fused-ring (bicyclic) bond motifs is 2. The summed E-state index contributed by atoms with van der Waals surface area (Å²) in [5.41, 5.74) is 3.01. The molecule has 9 nitrogen and oxygen atoms in total. The van der Waals surface area contributed by atoms with E-state index in [4.69, 9.17) is 0 Å². The highest BCUT2D eigenvalue weighted by atomic mass is 16.1.